The van der Waals surface area contributed by atoms with Gasteiger partial charge in [-0.2, -0.15) is 0 Å². The lowest BCUT2D eigenvalue weighted by molar-refractivity contribution is 0.0778. The van der Waals surface area contributed by atoms with Crippen LogP contribution in [0.4, 0.5) is 0 Å². The van der Waals surface area contributed by atoms with E-state index in [9.17, 15) is 9.59 Å². The third-order valence-corrected chi connectivity index (χ3v) is 4.83. The highest BCUT2D eigenvalue weighted by atomic mass is 16.2. The summed E-state index contributed by atoms with van der Waals surface area (Å²) < 4.78 is 5.17. The minimum Gasteiger partial charge on any atom is -0.347 e. The summed E-state index contributed by atoms with van der Waals surface area (Å²) in [5.74, 6) is 0.00578. The Morgan fingerprint density at radius 2 is 2.08 bits per heavy atom. The molecule has 0 aromatic carbocycles. The van der Waals surface area contributed by atoms with Crippen LogP contribution in [-0.2, 0) is 14.1 Å². The number of fused-ring (bicyclic) bond motifs is 1. The Bertz CT molecular complexity index is 980. The maximum atomic E-state index is 12.7. The Morgan fingerprint density at radius 1 is 1.25 bits per heavy atom. The van der Waals surface area contributed by atoms with Crippen LogP contribution >= 0.6 is 0 Å². The summed E-state index contributed by atoms with van der Waals surface area (Å²) in [6.45, 7) is 1.17. The van der Waals surface area contributed by atoms with Crippen molar-refractivity contribution < 1.29 is 4.79 Å². The predicted octanol–water partition coefficient (Wildman–Crippen LogP) is 1.16. The molecule has 4 heterocycles. The van der Waals surface area contributed by atoms with Crippen molar-refractivity contribution in [3.8, 4) is 0 Å². The molecule has 0 aliphatic carbocycles. The minimum absolute atomic E-state index is 0.00578. The van der Waals surface area contributed by atoms with E-state index in [-0.39, 0.29) is 17.6 Å². The molecule has 1 atom stereocenters. The van der Waals surface area contributed by atoms with Gasteiger partial charge < -0.3 is 9.47 Å². The molecule has 0 radical (unpaired) electrons. The summed E-state index contributed by atoms with van der Waals surface area (Å²) in [7, 11) is 3.62. The highest BCUT2D eigenvalue weighted by molar-refractivity contribution is 5.93. The second-order valence-corrected chi connectivity index (χ2v) is 6.26. The van der Waals surface area contributed by atoms with Crippen LogP contribution in [0, 0.1) is 0 Å². The third kappa shape index (κ3) is 2.08. The van der Waals surface area contributed by atoms with E-state index in [4.69, 9.17) is 0 Å². The number of amides is 1. The minimum atomic E-state index is -0.0816. The zero-order valence-corrected chi connectivity index (χ0v) is 13.7. The molecule has 1 saturated heterocycles. The monoisotopic (exact) mass is 325 g/mol. The molecule has 1 amide bonds. The number of likely N-dealkylation sites (tertiary alicyclic amines) is 1. The molecule has 7 nitrogen and oxygen atoms in total. The van der Waals surface area contributed by atoms with Crippen LogP contribution in [0.25, 0.3) is 11.2 Å². The maximum Gasteiger partial charge on any atom is 0.330 e. The fraction of sp³-hybridized carbons (Fsp3) is 0.353. The van der Waals surface area contributed by atoms with E-state index in [0.717, 1.165) is 11.9 Å². The molecule has 1 aliphatic heterocycles. The first-order valence-electron chi connectivity index (χ1n) is 8.00. The van der Waals surface area contributed by atoms with Gasteiger partial charge in [0.25, 0.3) is 5.91 Å². The zero-order valence-electron chi connectivity index (χ0n) is 13.7. The lowest BCUT2D eigenvalue weighted by Gasteiger charge is -2.17. The Labute approximate surface area is 138 Å². The molecule has 3 aromatic heterocycles. The first-order chi connectivity index (χ1) is 11.6. The molecule has 3 aromatic rings. The average molecular weight is 325 g/mol. The van der Waals surface area contributed by atoms with Crippen LogP contribution in [-0.4, -0.2) is 42.6 Å². The van der Waals surface area contributed by atoms with Crippen molar-refractivity contribution in [2.75, 3.05) is 13.1 Å². The second kappa shape index (κ2) is 5.36. The number of nitrogens with zero attached hydrogens (tertiary/aromatic N) is 5. The first-order valence-corrected chi connectivity index (χ1v) is 8.00. The summed E-state index contributed by atoms with van der Waals surface area (Å²) in [6.07, 6.45) is 4.31. The van der Waals surface area contributed by atoms with Crippen LogP contribution in [0.15, 0.2) is 41.5 Å². The van der Waals surface area contributed by atoms with E-state index in [1.807, 2.05) is 47.0 Å². The van der Waals surface area contributed by atoms with Gasteiger partial charge in [-0.05, 0) is 30.7 Å². The van der Waals surface area contributed by atoms with Gasteiger partial charge in [-0.3, -0.25) is 13.9 Å². The van der Waals surface area contributed by atoms with E-state index in [1.54, 1.807) is 22.4 Å². The molecular formula is C17H19N5O2. The number of hydrogen-bond acceptors (Lipinski definition) is 3. The number of pyridine rings is 1. The molecule has 7 heteroatoms. The van der Waals surface area contributed by atoms with Crippen molar-refractivity contribution >= 4 is 17.1 Å². The number of rotatable bonds is 2. The Morgan fingerprint density at radius 3 is 2.83 bits per heavy atom. The van der Waals surface area contributed by atoms with Crippen LogP contribution in [0.1, 0.15) is 23.0 Å². The predicted molar refractivity (Wildman–Crippen MR) is 89.9 cm³/mol. The summed E-state index contributed by atoms with van der Waals surface area (Å²) in [5, 5.41) is 0. The SMILES string of the molecule is Cn1cccc1C(=O)N1CC[C@H](n2c(=O)n(C)c3cccnc32)C1. The van der Waals surface area contributed by atoms with Gasteiger partial charge >= 0.3 is 5.69 Å². The molecule has 0 bridgehead atoms. The van der Waals surface area contributed by atoms with Gasteiger partial charge in [0.15, 0.2) is 5.65 Å². The quantitative estimate of drug-likeness (QED) is 0.710. The number of imidazole rings is 1. The van der Waals surface area contributed by atoms with Gasteiger partial charge in [-0.1, -0.05) is 0 Å². The van der Waals surface area contributed by atoms with E-state index >= 15 is 0 Å². The fourth-order valence-electron chi connectivity index (χ4n) is 3.50. The summed E-state index contributed by atoms with van der Waals surface area (Å²) in [4.78, 5) is 31.5. The molecule has 1 aliphatic rings. The van der Waals surface area contributed by atoms with Crippen molar-refractivity contribution in [1.82, 2.24) is 23.6 Å². The third-order valence-electron chi connectivity index (χ3n) is 4.83. The van der Waals surface area contributed by atoms with E-state index in [1.165, 1.54) is 0 Å². The molecule has 4 rings (SSSR count). The first kappa shape index (κ1) is 14.7. The summed E-state index contributed by atoms with van der Waals surface area (Å²) in [5.41, 5.74) is 2.08. The lowest BCUT2D eigenvalue weighted by atomic mass is 10.2. The second-order valence-electron chi connectivity index (χ2n) is 6.26. The lowest BCUT2D eigenvalue weighted by Crippen LogP contribution is -2.32. The molecule has 0 unspecified atom stereocenters. The van der Waals surface area contributed by atoms with Crippen molar-refractivity contribution in [2.24, 2.45) is 14.1 Å². The fourth-order valence-corrected chi connectivity index (χ4v) is 3.50. The Hall–Kier alpha value is -2.83. The van der Waals surface area contributed by atoms with E-state index in [2.05, 4.69) is 4.98 Å². The Balaban J connectivity index is 1.67. The smallest absolute Gasteiger partial charge is 0.330 e. The number of hydrogen-bond donors (Lipinski definition) is 0. The number of carbonyl (C=O) groups is 1. The zero-order chi connectivity index (χ0) is 16.8. The maximum absolute atomic E-state index is 12.7. The van der Waals surface area contributed by atoms with Gasteiger partial charge in [0, 0.05) is 39.6 Å². The molecule has 0 saturated carbocycles. The van der Waals surface area contributed by atoms with Crippen LogP contribution in [0.3, 0.4) is 0 Å². The van der Waals surface area contributed by atoms with Crippen molar-refractivity contribution in [3.05, 3.63) is 52.8 Å². The van der Waals surface area contributed by atoms with Gasteiger partial charge in [0.1, 0.15) is 5.69 Å². The van der Waals surface area contributed by atoms with Crippen LogP contribution in [0.2, 0.25) is 0 Å². The summed E-state index contributed by atoms with van der Waals surface area (Å²) in [6, 6.07) is 7.36. The topological polar surface area (TPSA) is 65.1 Å². The van der Waals surface area contributed by atoms with Gasteiger partial charge in [-0.25, -0.2) is 9.78 Å². The molecule has 24 heavy (non-hydrogen) atoms. The van der Waals surface area contributed by atoms with Crippen LogP contribution < -0.4 is 5.69 Å². The van der Waals surface area contributed by atoms with E-state index in [0.29, 0.717) is 24.4 Å². The number of aryl methyl sites for hydroxylation is 2. The van der Waals surface area contributed by atoms with Gasteiger partial charge in [0.05, 0.1) is 11.6 Å². The molecule has 0 spiro atoms. The van der Waals surface area contributed by atoms with E-state index < -0.39 is 0 Å². The van der Waals surface area contributed by atoms with Gasteiger partial charge in [-0.15, -0.1) is 0 Å². The molecule has 1 fully saturated rings. The van der Waals surface area contributed by atoms with Crippen molar-refractivity contribution in [2.45, 2.75) is 12.5 Å². The largest absolute Gasteiger partial charge is 0.347 e. The van der Waals surface area contributed by atoms with Crippen molar-refractivity contribution in [3.63, 3.8) is 0 Å². The van der Waals surface area contributed by atoms with Crippen molar-refractivity contribution in [1.29, 1.82) is 0 Å². The molecular weight excluding hydrogens is 306 g/mol. The van der Waals surface area contributed by atoms with Crippen LogP contribution in [0.5, 0.6) is 0 Å². The average Bonchev–Trinajstić information content (AvgIpc) is 3.28. The van der Waals surface area contributed by atoms with Gasteiger partial charge in [0.2, 0.25) is 0 Å². The molecule has 124 valence electrons. The Kier molecular flexibility index (Phi) is 3.30. The number of carbonyl (C=O) groups excluding carboxylic acids is 1. The number of aromatic nitrogens is 4. The highest BCUT2D eigenvalue weighted by Crippen LogP contribution is 2.25. The normalized spacial score (nSPS) is 17.8. The summed E-state index contributed by atoms with van der Waals surface area (Å²) >= 11 is 0. The standard InChI is InChI=1S/C17H19N5O2/c1-19-9-4-6-14(19)16(23)21-10-7-12(11-21)22-15-13(5-3-8-18-15)20(2)17(22)24/h3-6,8-9,12H,7,10-11H2,1-2H3/t12-/m0/s1. The molecule has 0 N–H and O–H groups in total. The highest BCUT2D eigenvalue weighted by Gasteiger charge is 2.31.